The summed E-state index contributed by atoms with van der Waals surface area (Å²) in [7, 11) is 11.0. The monoisotopic (exact) mass is 1040 g/mol. The van der Waals surface area contributed by atoms with Gasteiger partial charge in [0.2, 0.25) is 0 Å². The predicted molar refractivity (Wildman–Crippen MR) is 295 cm³/mol. The van der Waals surface area contributed by atoms with Gasteiger partial charge in [0.25, 0.3) is 10.1 Å². The Bertz CT molecular complexity index is 1200. The summed E-state index contributed by atoms with van der Waals surface area (Å²) in [5.41, 5.74) is 5.40. The van der Waals surface area contributed by atoms with E-state index in [1.54, 1.807) is 14.2 Å². The van der Waals surface area contributed by atoms with E-state index in [0.29, 0.717) is 20.0 Å². The minimum Gasteiger partial charge on any atom is -0.544 e. The number of aliphatic carboxylic acids is 2. The molecular formula is C55H122N5O10S+. The van der Waals surface area contributed by atoms with Crippen LogP contribution in [0.4, 0.5) is 0 Å². The molecule has 0 aliphatic rings. The average Bonchev–Trinajstić information content (AvgIpc) is 3.26. The van der Waals surface area contributed by atoms with Crippen molar-refractivity contribution in [1.82, 2.24) is 11.0 Å². The summed E-state index contributed by atoms with van der Waals surface area (Å²) >= 11 is 0. The number of aliphatic hydroxyl groups is 1. The molecule has 0 aromatic carbocycles. The first-order chi connectivity index (χ1) is 33.4. The minimum absolute atomic E-state index is 0.122. The van der Waals surface area contributed by atoms with Gasteiger partial charge in [0.1, 0.15) is 31.5 Å². The maximum atomic E-state index is 10.7. The highest BCUT2D eigenvalue weighted by Crippen LogP contribution is 2.14. The summed E-state index contributed by atoms with van der Waals surface area (Å²) in [5, 5.41) is 30.8. The lowest BCUT2D eigenvalue weighted by molar-refractivity contribution is -0.893. The summed E-state index contributed by atoms with van der Waals surface area (Å²) in [5.74, 6) is -2.47. The molecule has 0 rings (SSSR count). The van der Waals surface area contributed by atoms with Gasteiger partial charge < -0.3 is 48.0 Å². The zero-order valence-electron chi connectivity index (χ0n) is 49.1. The van der Waals surface area contributed by atoms with Crippen LogP contribution in [0.1, 0.15) is 227 Å². The highest BCUT2D eigenvalue weighted by Gasteiger charge is 2.24. The van der Waals surface area contributed by atoms with Crippen LogP contribution in [0.2, 0.25) is 0 Å². The molecule has 0 saturated carbocycles. The molecule has 0 aliphatic carbocycles. The van der Waals surface area contributed by atoms with E-state index >= 15 is 0 Å². The van der Waals surface area contributed by atoms with Gasteiger partial charge in [-0.25, -0.2) is 11.0 Å². The first kappa shape index (κ1) is 78.4. The van der Waals surface area contributed by atoms with Crippen LogP contribution in [-0.2, 0) is 29.4 Å². The van der Waals surface area contributed by atoms with Gasteiger partial charge in [0, 0.05) is 13.1 Å². The SMILES string of the molecule is CCCCCCCCCCCC[N+](C)(C)CC(=O)[O-].CCCCCCCCCCC[N+](C)(C)CC(=O)[O-].CCCCCCCCCCC[N+](C)(C)CC(O)CS(=O)(=O)O.CCCNOC.CCCNOC. The van der Waals surface area contributed by atoms with Crippen LogP contribution in [-0.4, -0.2) is 164 Å². The van der Waals surface area contributed by atoms with Crippen molar-refractivity contribution in [2.45, 2.75) is 233 Å². The van der Waals surface area contributed by atoms with Gasteiger partial charge in [0.15, 0.2) is 0 Å². The molecule has 0 heterocycles. The largest absolute Gasteiger partial charge is 0.544 e. The van der Waals surface area contributed by atoms with E-state index in [0.717, 1.165) is 64.8 Å². The number of quaternary nitrogens is 3. The van der Waals surface area contributed by atoms with Crippen LogP contribution in [0.25, 0.3) is 0 Å². The fourth-order valence-corrected chi connectivity index (χ4v) is 8.54. The van der Waals surface area contributed by atoms with Gasteiger partial charge >= 0.3 is 0 Å². The number of nitrogens with one attached hydrogen (secondary N) is 2. The topological polar surface area (TPSA) is 197 Å². The minimum atomic E-state index is -4.10. The lowest BCUT2D eigenvalue weighted by atomic mass is 10.1. The molecule has 0 aromatic rings. The number of carboxylic acids is 2. The third-order valence-electron chi connectivity index (χ3n) is 12.1. The highest BCUT2D eigenvalue weighted by molar-refractivity contribution is 7.85. The summed E-state index contributed by atoms with van der Waals surface area (Å²) in [4.78, 5) is 30.2. The van der Waals surface area contributed by atoms with Gasteiger partial charge in [0.05, 0.1) is 88.1 Å². The number of carbonyl (C=O) groups excluding carboxylic acids is 2. The Morgan fingerprint density at radius 3 is 0.887 bits per heavy atom. The number of nitrogens with zero attached hydrogens (tertiary/aromatic N) is 3. The van der Waals surface area contributed by atoms with Crippen molar-refractivity contribution < 1.29 is 61.0 Å². The Balaban J connectivity index is -0.000000275. The lowest BCUT2D eigenvalue weighted by Crippen LogP contribution is -2.48. The molecule has 0 saturated heterocycles. The Labute approximate surface area is 440 Å². The van der Waals surface area contributed by atoms with Gasteiger partial charge in [-0.15, -0.1) is 0 Å². The first-order valence-corrected chi connectivity index (χ1v) is 30.1. The molecule has 1 unspecified atom stereocenters. The number of rotatable bonds is 45. The molecule has 0 amide bonds. The first-order valence-electron chi connectivity index (χ1n) is 28.5. The number of hydrogen-bond donors (Lipinski definition) is 4. The second kappa shape index (κ2) is 56.3. The molecule has 0 fully saturated rings. The van der Waals surface area contributed by atoms with Crippen LogP contribution >= 0.6 is 0 Å². The molecule has 0 bridgehead atoms. The van der Waals surface area contributed by atoms with Gasteiger partial charge in [-0.2, -0.15) is 8.42 Å². The second-order valence-electron chi connectivity index (χ2n) is 21.7. The van der Waals surface area contributed by atoms with E-state index < -0.39 is 33.9 Å². The van der Waals surface area contributed by atoms with Gasteiger partial charge in [-0.1, -0.05) is 176 Å². The molecule has 0 spiro atoms. The zero-order valence-corrected chi connectivity index (χ0v) is 49.9. The van der Waals surface area contributed by atoms with Crippen LogP contribution < -0.4 is 21.2 Å². The van der Waals surface area contributed by atoms with Crippen molar-refractivity contribution in [3.8, 4) is 0 Å². The van der Waals surface area contributed by atoms with E-state index in [1.807, 2.05) is 42.3 Å². The number of carboxylic acid groups (broad SMARTS) is 2. The average molecular weight is 1050 g/mol. The van der Waals surface area contributed by atoms with Crippen LogP contribution in [0.3, 0.4) is 0 Å². The molecule has 4 N–H and O–H groups in total. The van der Waals surface area contributed by atoms with Crippen molar-refractivity contribution in [3.05, 3.63) is 0 Å². The maximum Gasteiger partial charge on any atom is 0.267 e. The number of hydrogen-bond acceptors (Lipinski definition) is 11. The lowest BCUT2D eigenvalue weighted by Gasteiger charge is -2.31. The third-order valence-corrected chi connectivity index (χ3v) is 12.9. The molecular weight excluding hydrogens is 923 g/mol. The van der Waals surface area contributed by atoms with Gasteiger partial charge in [-0.05, 0) is 51.4 Å². The second-order valence-corrected chi connectivity index (χ2v) is 23.2. The zero-order chi connectivity index (χ0) is 55.1. The van der Waals surface area contributed by atoms with Crippen LogP contribution in [0.15, 0.2) is 0 Å². The van der Waals surface area contributed by atoms with E-state index in [-0.39, 0.29) is 13.1 Å². The van der Waals surface area contributed by atoms with Gasteiger partial charge in [-0.3, -0.25) is 4.55 Å². The smallest absolute Gasteiger partial charge is 0.267 e. The summed E-state index contributed by atoms with van der Waals surface area (Å²) < 4.78 is 31.9. The number of carbonyl (C=O) groups is 2. The number of unbranched alkanes of at least 4 members (excludes halogenated alkanes) is 25. The van der Waals surface area contributed by atoms with Crippen molar-refractivity contribution in [2.75, 3.05) is 115 Å². The summed E-state index contributed by atoms with van der Waals surface area (Å²) in [6.07, 6.45) is 37.7. The Hall–Kier alpha value is -1.47. The number of likely N-dealkylation sites (N-methyl/N-ethyl adjacent to an activating group) is 3. The van der Waals surface area contributed by atoms with Crippen molar-refractivity contribution in [3.63, 3.8) is 0 Å². The van der Waals surface area contributed by atoms with E-state index in [4.69, 9.17) is 4.55 Å². The molecule has 432 valence electrons. The number of hydroxylamine groups is 2. The van der Waals surface area contributed by atoms with E-state index in [2.05, 4.69) is 55.3 Å². The predicted octanol–water partition coefficient (Wildman–Crippen LogP) is 9.01. The third kappa shape index (κ3) is 80.1. The molecule has 16 heteroatoms. The highest BCUT2D eigenvalue weighted by atomic mass is 32.2. The fourth-order valence-electron chi connectivity index (χ4n) is 7.95. The summed E-state index contributed by atoms with van der Waals surface area (Å²) in [6, 6.07) is 0. The quantitative estimate of drug-likeness (QED) is 0.0196. The van der Waals surface area contributed by atoms with E-state index in [1.165, 1.54) is 161 Å². The molecule has 1 atom stereocenters. The number of aliphatic hydroxyl groups excluding tert-OH is 1. The molecule has 0 aromatic heterocycles. The molecule has 0 radical (unpaired) electrons. The molecule has 0 aliphatic heterocycles. The van der Waals surface area contributed by atoms with Crippen molar-refractivity contribution >= 4 is 22.1 Å². The fraction of sp³-hybridized carbons (Fsp3) is 0.964. The normalized spacial score (nSPS) is 12.0. The Kier molecular flexibility index (Phi) is 62.1. The van der Waals surface area contributed by atoms with E-state index in [9.17, 15) is 33.3 Å². The van der Waals surface area contributed by atoms with Crippen molar-refractivity contribution in [2.24, 2.45) is 0 Å². The maximum absolute atomic E-state index is 10.7. The summed E-state index contributed by atoms with van der Waals surface area (Å²) in [6.45, 7) is 16.2. The standard InChI is InChI=1S/C16H35NO4S.C16H33NO2.C15H31NO2.2C4H11NO/c1-4-5-6-7-8-9-10-11-12-13-17(2,3)14-16(18)15-22(19,20)21;1-4-5-6-7-8-9-10-11-12-13-14-17(2,3)15-16(18)19;1-4-5-6-7-8-9-10-11-12-13-16(2,3)14-15(17)18;2*1-3-4-5-6-2/h16,18H,4-15H2,1-3H3;4-15H2,1-3H3;4-14H2,1-3H3;2*5H,3-4H2,1-2H3/p+1. The molecule has 71 heavy (non-hydrogen) atoms. The molecule has 15 nitrogen and oxygen atoms in total. The Morgan fingerprint density at radius 2 is 0.690 bits per heavy atom. The van der Waals surface area contributed by atoms with Crippen molar-refractivity contribution in [1.29, 1.82) is 0 Å². The van der Waals surface area contributed by atoms with Crippen LogP contribution in [0.5, 0.6) is 0 Å². The Morgan fingerprint density at radius 1 is 0.451 bits per heavy atom. The van der Waals surface area contributed by atoms with Crippen LogP contribution in [0, 0.1) is 0 Å².